The second-order valence-corrected chi connectivity index (χ2v) is 7.49. The molecule has 20 heavy (non-hydrogen) atoms. The van der Waals surface area contributed by atoms with E-state index in [-0.39, 0.29) is 5.75 Å². The lowest BCUT2D eigenvalue weighted by molar-refractivity contribution is 0.595. The molecule has 0 aromatic heterocycles. The molecule has 0 fully saturated rings. The maximum atomic E-state index is 11.0. The van der Waals surface area contributed by atoms with Crippen LogP contribution in [0.25, 0.3) is 0 Å². The van der Waals surface area contributed by atoms with E-state index in [2.05, 4.69) is 4.99 Å². The standard InChI is InChI=1S/C13H22ClN3O2S/c1-10(16)12(13(9-15)17-11(2)14)7-5-4-6-8-20(3,18)19/h9,15-16H,4-8H2,1-3H3/b13-12-,15-9?,16-10?,17-11?. The minimum Gasteiger partial charge on any atom is -0.306 e. The van der Waals surface area contributed by atoms with E-state index in [4.69, 9.17) is 22.4 Å². The maximum Gasteiger partial charge on any atom is 0.147 e. The van der Waals surface area contributed by atoms with Crippen molar-refractivity contribution in [3.63, 3.8) is 0 Å². The Labute approximate surface area is 126 Å². The first-order valence-electron chi connectivity index (χ1n) is 6.35. The molecule has 5 nitrogen and oxygen atoms in total. The van der Waals surface area contributed by atoms with E-state index in [1.807, 2.05) is 0 Å². The number of sulfone groups is 1. The Kier molecular flexibility index (Phi) is 8.57. The summed E-state index contributed by atoms with van der Waals surface area (Å²) in [4.78, 5) is 4.04. The van der Waals surface area contributed by atoms with Crippen molar-refractivity contribution in [3.8, 4) is 0 Å². The average molecular weight is 320 g/mol. The van der Waals surface area contributed by atoms with Crippen molar-refractivity contribution in [2.75, 3.05) is 12.0 Å². The van der Waals surface area contributed by atoms with Crippen LogP contribution in [-0.2, 0) is 9.84 Å². The summed E-state index contributed by atoms with van der Waals surface area (Å²) in [5.74, 6) is 0.186. The first kappa shape index (κ1) is 19.0. The van der Waals surface area contributed by atoms with Gasteiger partial charge in [0.25, 0.3) is 0 Å². The van der Waals surface area contributed by atoms with Crippen LogP contribution in [0.3, 0.4) is 0 Å². The zero-order valence-electron chi connectivity index (χ0n) is 12.2. The molecule has 0 saturated heterocycles. The number of rotatable bonds is 9. The second kappa shape index (κ2) is 9.02. The van der Waals surface area contributed by atoms with Crippen LogP contribution in [0.15, 0.2) is 16.3 Å². The van der Waals surface area contributed by atoms with Gasteiger partial charge < -0.3 is 10.8 Å². The van der Waals surface area contributed by atoms with Crippen LogP contribution in [-0.4, -0.2) is 37.5 Å². The Bertz CT molecular complexity index is 518. The Morgan fingerprint density at radius 2 is 1.85 bits per heavy atom. The number of halogens is 1. The number of nitrogens with zero attached hydrogens (tertiary/aromatic N) is 1. The highest BCUT2D eigenvalue weighted by Crippen LogP contribution is 2.16. The van der Waals surface area contributed by atoms with Gasteiger partial charge >= 0.3 is 0 Å². The number of aliphatic imine (C=N–C) groups is 1. The van der Waals surface area contributed by atoms with E-state index in [9.17, 15) is 8.42 Å². The fourth-order valence-corrected chi connectivity index (χ4v) is 2.52. The van der Waals surface area contributed by atoms with Crippen LogP contribution in [0.1, 0.15) is 39.5 Å². The van der Waals surface area contributed by atoms with Crippen molar-refractivity contribution in [2.45, 2.75) is 39.5 Å². The monoisotopic (exact) mass is 319 g/mol. The van der Waals surface area contributed by atoms with Crippen LogP contribution in [0.2, 0.25) is 0 Å². The van der Waals surface area contributed by atoms with Crippen LogP contribution in [0.5, 0.6) is 0 Å². The van der Waals surface area contributed by atoms with Gasteiger partial charge in [-0.2, -0.15) is 0 Å². The molecule has 0 atom stereocenters. The van der Waals surface area contributed by atoms with Gasteiger partial charge in [0.2, 0.25) is 0 Å². The second-order valence-electron chi connectivity index (χ2n) is 4.68. The van der Waals surface area contributed by atoms with Gasteiger partial charge in [0.05, 0.1) is 5.70 Å². The minimum absolute atomic E-state index is 0.186. The highest BCUT2D eigenvalue weighted by Gasteiger charge is 2.08. The molecule has 0 aliphatic carbocycles. The molecule has 0 bridgehead atoms. The van der Waals surface area contributed by atoms with E-state index >= 15 is 0 Å². The van der Waals surface area contributed by atoms with Gasteiger partial charge in [-0.05, 0) is 38.7 Å². The fraction of sp³-hybridized carbons (Fsp3) is 0.615. The number of allylic oxidation sites excluding steroid dienone is 2. The molecule has 0 radical (unpaired) electrons. The lowest BCUT2D eigenvalue weighted by Gasteiger charge is -2.08. The zero-order valence-corrected chi connectivity index (χ0v) is 13.7. The summed E-state index contributed by atoms with van der Waals surface area (Å²) in [7, 11) is -2.91. The molecule has 0 amide bonds. The molecule has 7 heteroatoms. The molecule has 0 spiro atoms. The molecule has 0 aromatic rings. The predicted molar refractivity (Wildman–Crippen MR) is 86.4 cm³/mol. The lowest BCUT2D eigenvalue weighted by Crippen LogP contribution is -2.04. The lowest BCUT2D eigenvalue weighted by atomic mass is 10.0. The summed E-state index contributed by atoms with van der Waals surface area (Å²) in [5, 5.41) is 15.4. The topological polar surface area (TPSA) is 94.2 Å². The molecule has 0 heterocycles. The van der Waals surface area contributed by atoms with E-state index in [1.165, 1.54) is 6.26 Å². The molecular formula is C13H22ClN3O2S. The third kappa shape index (κ3) is 8.98. The smallest absolute Gasteiger partial charge is 0.147 e. The van der Waals surface area contributed by atoms with Crippen LogP contribution in [0, 0.1) is 10.8 Å². The SMILES string of the molecule is CC(=N)/C(CCCCCS(C)(=O)=O)=C(/C=N)N=C(C)Cl. The molecule has 114 valence electrons. The minimum atomic E-state index is -2.91. The predicted octanol–water partition coefficient (Wildman–Crippen LogP) is 3.19. The molecule has 0 rings (SSSR count). The van der Waals surface area contributed by atoms with Gasteiger partial charge in [-0.1, -0.05) is 18.0 Å². The Hall–Kier alpha value is -1.01. The van der Waals surface area contributed by atoms with E-state index in [0.29, 0.717) is 35.0 Å². The summed E-state index contributed by atoms with van der Waals surface area (Å²) in [6, 6.07) is 0. The zero-order chi connectivity index (χ0) is 15.8. The van der Waals surface area contributed by atoms with Crippen LogP contribution in [0.4, 0.5) is 0 Å². The van der Waals surface area contributed by atoms with Crippen molar-refractivity contribution in [3.05, 3.63) is 11.3 Å². The van der Waals surface area contributed by atoms with Gasteiger partial charge in [-0.25, -0.2) is 13.4 Å². The summed E-state index contributed by atoms with van der Waals surface area (Å²) in [5.41, 5.74) is 1.43. The van der Waals surface area contributed by atoms with Crippen molar-refractivity contribution in [1.82, 2.24) is 0 Å². The van der Waals surface area contributed by atoms with E-state index in [0.717, 1.165) is 19.1 Å². The van der Waals surface area contributed by atoms with Gasteiger partial charge in [0, 0.05) is 23.9 Å². The fourth-order valence-electron chi connectivity index (χ4n) is 1.70. The van der Waals surface area contributed by atoms with E-state index < -0.39 is 9.84 Å². The molecule has 0 aromatic carbocycles. The third-order valence-corrected chi connectivity index (χ3v) is 3.73. The first-order chi connectivity index (χ1) is 9.17. The summed E-state index contributed by atoms with van der Waals surface area (Å²) in [6.45, 7) is 3.27. The van der Waals surface area contributed by atoms with Gasteiger partial charge in [-0.3, -0.25) is 0 Å². The summed E-state index contributed by atoms with van der Waals surface area (Å²) in [6.07, 6.45) is 5.05. The maximum absolute atomic E-state index is 11.0. The molecule has 0 unspecified atom stereocenters. The average Bonchev–Trinajstić information content (AvgIpc) is 2.29. The number of unbranched alkanes of at least 4 members (excludes halogenated alkanes) is 2. The molecular weight excluding hydrogens is 298 g/mol. The normalized spacial score (nSPS) is 13.9. The highest BCUT2D eigenvalue weighted by atomic mass is 35.5. The highest BCUT2D eigenvalue weighted by molar-refractivity contribution is 7.90. The molecule has 0 aliphatic rings. The third-order valence-electron chi connectivity index (χ3n) is 2.61. The van der Waals surface area contributed by atoms with Crippen molar-refractivity contribution >= 4 is 38.5 Å². The largest absolute Gasteiger partial charge is 0.306 e. The molecule has 0 aliphatic heterocycles. The van der Waals surface area contributed by atoms with Crippen molar-refractivity contribution in [2.24, 2.45) is 4.99 Å². The van der Waals surface area contributed by atoms with Crippen LogP contribution < -0.4 is 0 Å². The number of hydrogen-bond donors (Lipinski definition) is 2. The molecule has 2 N–H and O–H groups in total. The van der Waals surface area contributed by atoms with Crippen molar-refractivity contribution < 1.29 is 8.42 Å². The quantitative estimate of drug-likeness (QED) is 0.504. The van der Waals surface area contributed by atoms with Gasteiger partial charge in [0.15, 0.2) is 0 Å². The van der Waals surface area contributed by atoms with Crippen LogP contribution >= 0.6 is 11.6 Å². The van der Waals surface area contributed by atoms with E-state index in [1.54, 1.807) is 13.8 Å². The van der Waals surface area contributed by atoms with Gasteiger partial charge in [0.1, 0.15) is 15.0 Å². The van der Waals surface area contributed by atoms with Crippen molar-refractivity contribution in [1.29, 1.82) is 10.8 Å². The first-order valence-corrected chi connectivity index (χ1v) is 8.79. The Morgan fingerprint density at radius 1 is 1.25 bits per heavy atom. The number of hydrogen-bond acceptors (Lipinski definition) is 5. The Morgan fingerprint density at radius 3 is 2.25 bits per heavy atom. The summed E-state index contributed by atoms with van der Waals surface area (Å²) < 4.78 is 22.0. The number of nitrogens with one attached hydrogen (secondary N) is 2. The summed E-state index contributed by atoms with van der Waals surface area (Å²) >= 11 is 5.71. The molecule has 0 saturated carbocycles. The van der Waals surface area contributed by atoms with Gasteiger partial charge in [-0.15, -0.1) is 0 Å². The Balaban J connectivity index is 4.65.